The number of benzene rings is 9. The highest BCUT2D eigenvalue weighted by atomic mass is 32.1. The van der Waals surface area contributed by atoms with Crippen molar-refractivity contribution in [3.63, 3.8) is 0 Å². The highest BCUT2D eigenvalue weighted by molar-refractivity contribution is 7.26. The summed E-state index contributed by atoms with van der Waals surface area (Å²) in [4.78, 5) is 0. The van der Waals surface area contributed by atoms with Crippen LogP contribution in [-0.4, -0.2) is 9.13 Å². The zero-order chi connectivity index (χ0) is 33.2. The zero-order valence-electron chi connectivity index (χ0n) is 27.5. The Morgan fingerprint density at radius 1 is 0.294 bits per heavy atom. The average Bonchev–Trinajstić information content (AvgIpc) is 3.85. The molecule has 3 aromatic heterocycles. The van der Waals surface area contributed by atoms with Gasteiger partial charge < -0.3 is 9.13 Å². The van der Waals surface area contributed by atoms with Gasteiger partial charge in [-0.3, -0.25) is 0 Å². The molecule has 9 aromatic carbocycles. The zero-order valence-corrected chi connectivity index (χ0v) is 28.3. The first-order chi connectivity index (χ1) is 25.3. The molecule has 0 aliphatic rings. The molecule has 0 unspecified atom stereocenters. The van der Waals surface area contributed by atoms with Gasteiger partial charge >= 0.3 is 0 Å². The van der Waals surface area contributed by atoms with Crippen molar-refractivity contribution < 1.29 is 0 Å². The minimum atomic E-state index is 1.17. The van der Waals surface area contributed by atoms with Gasteiger partial charge in [-0.15, -0.1) is 11.3 Å². The van der Waals surface area contributed by atoms with E-state index in [9.17, 15) is 0 Å². The first-order valence-electron chi connectivity index (χ1n) is 17.5. The topological polar surface area (TPSA) is 9.86 Å². The Labute approximate surface area is 296 Å². The van der Waals surface area contributed by atoms with E-state index < -0.39 is 0 Å². The number of para-hydroxylation sites is 2. The van der Waals surface area contributed by atoms with E-state index in [4.69, 9.17) is 0 Å². The summed E-state index contributed by atoms with van der Waals surface area (Å²) in [6.45, 7) is 0. The quantitative estimate of drug-likeness (QED) is 0.163. The van der Waals surface area contributed by atoms with Gasteiger partial charge in [0.1, 0.15) is 0 Å². The lowest BCUT2D eigenvalue weighted by Crippen LogP contribution is -1.96. The maximum Gasteiger partial charge on any atom is 0.0719 e. The summed E-state index contributed by atoms with van der Waals surface area (Å²) in [5.41, 5.74) is 7.27. The van der Waals surface area contributed by atoms with Crippen molar-refractivity contribution in [1.82, 2.24) is 9.13 Å². The smallest absolute Gasteiger partial charge is 0.0719 e. The van der Waals surface area contributed by atoms with Gasteiger partial charge in [0.05, 0.1) is 26.8 Å². The third kappa shape index (κ3) is 3.65. The van der Waals surface area contributed by atoms with E-state index in [2.05, 4.69) is 179 Å². The Bertz CT molecular complexity index is 3380. The van der Waals surface area contributed by atoms with Gasteiger partial charge in [-0.1, -0.05) is 121 Å². The molecule has 0 saturated heterocycles. The third-order valence-electron chi connectivity index (χ3n) is 11.1. The molecule has 0 fully saturated rings. The summed E-state index contributed by atoms with van der Waals surface area (Å²) in [5.74, 6) is 0. The second kappa shape index (κ2) is 10.1. The summed E-state index contributed by atoms with van der Waals surface area (Å²) in [5, 5.41) is 15.5. The van der Waals surface area contributed by atoms with Crippen molar-refractivity contribution in [3.05, 3.63) is 170 Å². The Morgan fingerprint density at radius 3 is 1.61 bits per heavy atom. The molecule has 0 aliphatic carbocycles. The SMILES string of the molecule is c1ccc(-n2c3cc4c(cc3c3ccc5c6ccccc6sc5c32)c2ccccc2n4-c2ccc3c4ccccc4c4ccccc4c3c2)cc1. The van der Waals surface area contributed by atoms with Gasteiger partial charge in [0, 0.05) is 48.4 Å². The van der Waals surface area contributed by atoms with Crippen molar-refractivity contribution >= 4 is 107 Å². The summed E-state index contributed by atoms with van der Waals surface area (Å²) < 4.78 is 7.64. The number of nitrogens with zero attached hydrogens (tertiary/aromatic N) is 2. The van der Waals surface area contributed by atoms with Crippen LogP contribution in [0.15, 0.2) is 170 Å². The summed E-state index contributed by atoms with van der Waals surface area (Å²) >= 11 is 1.90. The molecule has 12 aromatic rings. The normalized spacial score (nSPS) is 12.3. The maximum absolute atomic E-state index is 2.50. The number of thiophene rings is 1. The highest BCUT2D eigenvalue weighted by Gasteiger charge is 2.21. The van der Waals surface area contributed by atoms with E-state index in [0.29, 0.717) is 0 Å². The van der Waals surface area contributed by atoms with Crippen LogP contribution >= 0.6 is 11.3 Å². The van der Waals surface area contributed by atoms with Gasteiger partial charge in [-0.25, -0.2) is 0 Å². The van der Waals surface area contributed by atoms with Crippen LogP contribution in [0.1, 0.15) is 0 Å². The van der Waals surface area contributed by atoms with Crippen molar-refractivity contribution in [3.8, 4) is 11.4 Å². The molecule has 0 radical (unpaired) electrons. The number of fused-ring (bicyclic) bond motifs is 16. The molecule has 0 aliphatic heterocycles. The molecule has 0 atom stereocenters. The average molecular weight is 665 g/mol. The predicted molar refractivity (Wildman–Crippen MR) is 221 cm³/mol. The lowest BCUT2D eigenvalue weighted by Gasteiger charge is -2.14. The molecular formula is C48H28N2S. The van der Waals surface area contributed by atoms with Crippen LogP contribution in [0.5, 0.6) is 0 Å². The standard InChI is InChI=1S/C48H28N2S/c1-2-12-29(13-3-1)50-45-28-44-41(27-42(45)38-24-25-39-37-19-9-11-21-46(37)51-48(39)47(38)50)36-18-8-10-20-43(36)49(44)30-22-23-35-33-16-5-4-14-31(33)32-15-6-7-17-34(32)40(35)26-30/h1-28H. The van der Waals surface area contributed by atoms with E-state index in [1.165, 1.54) is 107 Å². The van der Waals surface area contributed by atoms with Gasteiger partial charge in [0.2, 0.25) is 0 Å². The summed E-state index contributed by atoms with van der Waals surface area (Å²) in [6, 6.07) is 62.9. The lowest BCUT2D eigenvalue weighted by molar-refractivity contribution is 1.17. The lowest BCUT2D eigenvalue weighted by atomic mass is 9.94. The molecule has 2 nitrogen and oxygen atoms in total. The van der Waals surface area contributed by atoms with Crippen LogP contribution in [-0.2, 0) is 0 Å². The van der Waals surface area contributed by atoms with Crippen LogP contribution in [0, 0.1) is 0 Å². The van der Waals surface area contributed by atoms with Gasteiger partial charge in [-0.2, -0.15) is 0 Å². The number of aromatic nitrogens is 2. The van der Waals surface area contributed by atoms with E-state index in [1.54, 1.807) is 0 Å². The molecule has 51 heavy (non-hydrogen) atoms. The molecular weight excluding hydrogens is 637 g/mol. The van der Waals surface area contributed by atoms with Gasteiger partial charge in [0.15, 0.2) is 0 Å². The van der Waals surface area contributed by atoms with Crippen molar-refractivity contribution in [2.75, 3.05) is 0 Å². The fourth-order valence-corrected chi connectivity index (χ4v) is 10.1. The molecule has 236 valence electrons. The van der Waals surface area contributed by atoms with E-state index >= 15 is 0 Å². The van der Waals surface area contributed by atoms with Crippen LogP contribution in [0.25, 0.3) is 107 Å². The minimum Gasteiger partial charge on any atom is -0.309 e. The summed E-state index contributed by atoms with van der Waals surface area (Å²) in [7, 11) is 0. The van der Waals surface area contributed by atoms with Crippen LogP contribution in [0.3, 0.4) is 0 Å². The van der Waals surface area contributed by atoms with Crippen molar-refractivity contribution in [2.45, 2.75) is 0 Å². The monoisotopic (exact) mass is 664 g/mol. The number of hydrogen-bond donors (Lipinski definition) is 0. The van der Waals surface area contributed by atoms with Gasteiger partial charge in [-0.05, 0) is 80.8 Å². The molecule has 3 heteroatoms. The molecule has 0 bridgehead atoms. The van der Waals surface area contributed by atoms with E-state index in [-0.39, 0.29) is 0 Å². The van der Waals surface area contributed by atoms with Crippen molar-refractivity contribution in [2.24, 2.45) is 0 Å². The predicted octanol–water partition coefficient (Wildman–Crippen LogP) is 13.7. The molecule has 0 amide bonds. The largest absolute Gasteiger partial charge is 0.309 e. The highest BCUT2D eigenvalue weighted by Crippen LogP contribution is 2.45. The fraction of sp³-hybridized carbons (Fsp3) is 0. The fourth-order valence-electron chi connectivity index (χ4n) is 8.90. The molecule has 0 saturated carbocycles. The maximum atomic E-state index is 2.50. The number of hydrogen-bond acceptors (Lipinski definition) is 1. The Morgan fingerprint density at radius 2 is 0.843 bits per heavy atom. The second-order valence-electron chi connectivity index (χ2n) is 13.7. The molecule has 0 N–H and O–H groups in total. The van der Waals surface area contributed by atoms with Crippen LogP contribution in [0.2, 0.25) is 0 Å². The molecule has 12 rings (SSSR count). The Balaban J connectivity index is 1.24. The number of rotatable bonds is 2. The molecule has 3 heterocycles. The first-order valence-corrected chi connectivity index (χ1v) is 18.3. The van der Waals surface area contributed by atoms with Gasteiger partial charge in [0.25, 0.3) is 0 Å². The third-order valence-corrected chi connectivity index (χ3v) is 12.3. The van der Waals surface area contributed by atoms with Crippen LogP contribution < -0.4 is 0 Å². The van der Waals surface area contributed by atoms with Crippen LogP contribution in [0.4, 0.5) is 0 Å². The Kier molecular flexibility index (Phi) is 5.41. The van der Waals surface area contributed by atoms with E-state index in [1.807, 2.05) is 11.3 Å². The first kappa shape index (κ1) is 27.4. The second-order valence-corrected chi connectivity index (χ2v) is 14.7. The van der Waals surface area contributed by atoms with Crippen molar-refractivity contribution in [1.29, 1.82) is 0 Å². The minimum absolute atomic E-state index is 1.17. The molecule has 0 spiro atoms. The Hall–Kier alpha value is -6.42. The summed E-state index contributed by atoms with van der Waals surface area (Å²) in [6.07, 6.45) is 0. The van der Waals surface area contributed by atoms with E-state index in [0.717, 1.165) is 0 Å².